The first kappa shape index (κ1) is 32.3. The van der Waals surface area contributed by atoms with E-state index in [1.54, 1.807) is 0 Å². The van der Waals surface area contributed by atoms with E-state index < -0.39 is 0 Å². The number of nitrogens with zero attached hydrogens (tertiary/aromatic N) is 3. The summed E-state index contributed by atoms with van der Waals surface area (Å²) in [5.74, 6) is 0.699. The van der Waals surface area contributed by atoms with E-state index in [2.05, 4.69) is 193 Å². The van der Waals surface area contributed by atoms with Crippen LogP contribution in [0, 0.1) is 0 Å². The minimum Gasteiger partial charge on any atom is -0.309 e. The molecule has 262 valence electrons. The maximum Gasteiger partial charge on any atom is 0.160 e. The van der Waals surface area contributed by atoms with Gasteiger partial charge in [0.2, 0.25) is 0 Å². The SMILES string of the molecule is c1ccc(-c2cccc(-c3nc(-c4ccccc4)cc(-c4cccc(-c5cccc6c5c5ccccc5n6-c5ccc6sc7ccccc7c6c5)c4)n3)c2)cc1. The van der Waals surface area contributed by atoms with Crippen LogP contribution < -0.4 is 0 Å². The molecule has 3 nitrogen and oxygen atoms in total. The van der Waals surface area contributed by atoms with Gasteiger partial charge in [-0.2, -0.15) is 0 Å². The first-order chi connectivity index (χ1) is 27.7. The standard InChI is InChI=1S/C52H33N3S/c1-3-14-34(15-4-1)36-18-11-21-39(30-36)52-53-45(35-16-5-2-6-17-35)33-46(54-52)38-20-12-19-37(31-38)41-24-13-26-48-51(41)43-23-7-9-25-47(43)55(48)40-28-29-50-44(32-40)42-22-8-10-27-49(42)56-50/h1-33H. The monoisotopic (exact) mass is 731 g/mol. The fourth-order valence-corrected chi connectivity index (χ4v) is 9.27. The first-order valence-electron chi connectivity index (χ1n) is 18.9. The van der Waals surface area contributed by atoms with Gasteiger partial charge in [-0.3, -0.25) is 0 Å². The summed E-state index contributed by atoms with van der Waals surface area (Å²) < 4.78 is 5.05. The molecule has 0 aliphatic carbocycles. The van der Waals surface area contributed by atoms with Crippen LogP contribution in [-0.4, -0.2) is 14.5 Å². The molecule has 0 N–H and O–H groups in total. The van der Waals surface area contributed by atoms with Crippen molar-refractivity contribution >= 4 is 53.3 Å². The fourth-order valence-electron chi connectivity index (χ4n) is 8.19. The van der Waals surface area contributed by atoms with Gasteiger partial charge >= 0.3 is 0 Å². The molecule has 0 radical (unpaired) electrons. The number of hydrogen-bond acceptors (Lipinski definition) is 3. The molecule has 0 saturated carbocycles. The summed E-state index contributed by atoms with van der Waals surface area (Å²) in [6.45, 7) is 0. The average Bonchev–Trinajstić information content (AvgIpc) is 3.82. The fraction of sp³-hybridized carbons (Fsp3) is 0. The molecule has 0 atom stereocenters. The van der Waals surface area contributed by atoms with Gasteiger partial charge in [-0.15, -0.1) is 11.3 Å². The minimum absolute atomic E-state index is 0.699. The highest BCUT2D eigenvalue weighted by molar-refractivity contribution is 7.25. The van der Waals surface area contributed by atoms with Crippen molar-refractivity contribution in [2.75, 3.05) is 0 Å². The molecule has 0 unspecified atom stereocenters. The Kier molecular flexibility index (Phi) is 7.68. The Morgan fingerprint density at radius 3 is 1.79 bits per heavy atom. The third kappa shape index (κ3) is 5.50. The van der Waals surface area contributed by atoms with Crippen LogP contribution in [0.15, 0.2) is 200 Å². The predicted octanol–water partition coefficient (Wildman–Crippen LogP) is 14.3. The van der Waals surface area contributed by atoms with E-state index >= 15 is 0 Å². The number of hydrogen-bond donors (Lipinski definition) is 0. The molecule has 8 aromatic carbocycles. The molecule has 3 heterocycles. The summed E-state index contributed by atoms with van der Waals surface area (Å²) in [5.41, 5.74) is 13.0. The van der Waals surface area contributed by atoms with Crippen LogP contribution in [0.25, 0.3) is 104 Å². The largest absolute Gasteiger partial charge is 0.309 e. The lowest BCUT2D eigenvalue weighted by Crippen LogP contribution is -1.96. The normalized spacial score (nSPS) is 11.6. The molecule has 0 aliphatic rings. The highest BCUT2D eigenvalue weighted by Crippen LogP contribution is 2.41. The van der Waals surface area contributed by atoms with Crippen LogP contribution in [0.3, 0.4) is 0 Å². The number of thiophene rings is 1. The Morgan fingerprint density at radius 1 is 0.357 bits per heavy atom. The van der Waals surface area contributed by atoms with Crippen LogP contribution in [0.4, 0.5) is 0 Å². The predicted molar refractivity (Wildman–Crippen MR) is 236 cm³/mol. The zero-order valence-electron chi connectivity index (χ0n) is 30.3. The zero-order valence-corrected chi connectivity index (χ0v) is 31.1. The van der Waals surface area contributed by atoms with Crippen LogP contribution in [0.1, 0.15) is 0 Å². The summed E-state index contributed by atoms with van der Waals surface area (Å²) in [5, 5.41) is 5.07. The zero-order chi connectivity index (χ0) is 37.0. The highest BCUT2D eigenvalue weighted by atomic mass is 32.1. The second-order valence-corrected chi connectivity index (χ2v) is 15.3. The molecule has 11 aromatic rings. The van der Waals surface area contributed by atoms with Crippen LogP contribution in [0.2, 0.25) is 0 Å². The lowest BCUT2D eigenvalue weighted by Gasteiger charge is -2.12. The smallest absolute Gasteiger partial charge is 0.160 e. The second kappa shape index (κ2) is 13.3. The molecular weight excluding hydrogens is 699 g/mol. The lowest BCUT2D eigenvalue weighted by atomic mass is 9.96. The molecule has 0 bridgehead atoms. The first-order valence-corrected chi connectivity index (χ1v) is 19.7. The molecule has 11 rings (SSSR count). The Balaban J connectivity index is 1.07. The average molecular weight is 732 g/mol. The Morgan fingerprint density at radius 2 is 0.946 bits per heavy atom. The second-order valence-electron chi connectivity index (χ2n) is 14.2. The highest BCUT2D eigenvalue weighted by Gasteiger charge is 2.18. The molecular formula is C52H33N3S. The minimum atomic E-state index is 0.699. The van der Waals surface area contributed by atoms with Crippen LogP contribution in [-0.2, 0) is 0 Å². The summed E-state index contributed by atoms with van der Waals surface area (Å²) >= 11 is 1.85. The summed E-state index contributed by atoms with van der Waals surface area (Å²) in [7, 11) is 0. The van der Waals surface area contributed by atoms with Gasteiger partial charge in [0.1, 0.15) is 0 Å². The third-order valence-electron chi connectivity index (χ3n) is 10.8. The van der Waals surface area contributed by atoms with Gasteiger partial charge in [0.25, 0.3) is 0 Å². The topological polar surface area (TPSA) is 30.7 Å². The van der Waals surface area contributed by atoms with Crippen molar-refractivity contribution in [3.8, 4) is 61.8 Å². The van der Waals surface area contributed by atoms with Gasteiger partial charge in [-0.25, -0.2) is 9.97 Å². The quantitative estimate of drug-likeness (QED) is 0.170. The summed E-state index contributed by atoms with van der Waals surface area (Å²) in [4.78, 5) is 10.4. The maximum absolute atomic E-state index is 5.25. The lowest BCUT2D eigenvalue weighted by molar-refractivity contribution is 1.18. The van der Waals surface area contributed by atoms with Crippen molar-refractivity contribution in [3.05, 3.63) is 200 Å². The van der Waals surface area contributed by atoms with E-state index in [1.165, 1.54) is 47.5 Å². The molecule has 0 amide bonds. The van der Waals surface area contributed by atoms with E-state index in [-0.39, 0.29) is 0 Å². The Bertz CT molecular complexity index is 3250. The van der Waals surface area contributed by atoms with Gasteiger partial charge in [0, 0.05) is 53.3 Å². The molecule has 4 heteroatoms. The number of rotatable bonds is 6. The van der Waals surface area contributed by atoms with Crippen molar-refractivity contribution < 1.29 is 0 Å². The number of aromatic nitrogens is 3. The van der Waals surface area contributed by atoms with Gasteiger partial charge in [0.15, 0.2) is 5.82 Å². The molecule has 0 fully saturated rings. The van der Waals surface area contributed by atoms with Crippen LogP contribution >= 0.6 is 11.3 Å². The van der Waals surface area contributed by atoms with Gasteiger partial charge in [0.05, 0.1) is 22.4 Å². The van der Waals surface area contributed by atoms with Gasteiger partial charge in [-0.1, -0.05) is 146 Å². The van der Waals surface area contributed by atoms with Crippen molar-refractivity contribution in [1.82, 2.24) is 14.5 Å². The van der Waals surface area contributed by atoms with Gasteiger partial charge in [-0.05, 0) is 76.9 Å². The Hall–Kier alpha value is -7.14. The molecule has 3 aromatic heterocycles. The van der Waals surface area contributed by atoms with Crippen molar-refractivity contribution in [2.45, 2.75) is 0 Å². The van der Waals surface area contributed by atoms with Crippen molar-refractivity contribution in [3.63, 3.8) is 0 Å². The van der Waals surface area contributed by atoms with Crippen LogP contribution in [0.5, 0.6) is 0 Å². The number of para-hydroxylation sites is 1. The van der Waals surface area contributed by atoms with E-state index in [0.717, 1.165) is 50.5 Å². The molecule has 0 spiro atoms. The summed E-state index contributed by atoms with van der Waals surface area (Å²) in [6.07, 6.45) is 0. The van der Waals surface area contributed by atoms with E-state index in [1.807, 2.05) is 23.5 Å². The van der Waals surface area contributed by atoms with E-state index in [0.29, 0.717) is 5.82 Å². The van der Waals surface area contributed by atoms with E-state index in [4.69, 9.17) is 9.97 Å². The third-order valence-corrected chi connectivity index (χ3v) is 12.0. The number of fused-ring (bicyclic) bond motifs is 6. The number of benzene rings is 8. The molecule has 0 aliphatic heterocycles. The maximum atomic E-state index is 5.25. The Labute approximate surface area is 328 Å². The summed E-state index contributed by atoms with van der Waals surface area (Å²) in [6, 6.07) is 71.4. The van der Waals surface area contributed by atoms with Gasteiger partial charge < -0.3 is 4.57 Å². The molecule has 56 heavy (non-hydrogen) atoms. The van der Waals surface area contributed by atoms with Crippen molar-refractivity contribution in [2.24, 2.45) is 0 Å². The van der Waals surface area contributed by atoms with Crippen molar-refractivity contribution in [1.29, 1.82) is 0 Å². The molecule has 0 saturated heterocycles. The van der Waals surface area contributed by atoms with E-state index in [9.17, 15) is 0 Å².